The summed E-state index contributed by atoms with van der Waals surface area (Å²) in [6.07, 6.45) is 3.29. The second-order valence-corrected chi connectivity index (χ2v) is 5.68. The van der Waals surface area contributed by atoms with Crippen molar-refractivity contribution in [3.8, 4) is 28.7 Å². The van der Waals surface area contributed by atoms with Crippen LogP contribution in [-0.2, 0) is 6.54 Å². The third-order valence-electron chi connectivity index (χ3n) is 3.33. The van der Waals surface area contributed by atoms with E-state index in [4.69, 9.17) is 12.2 Å². The summed E-state index contributed by atoms with van der Waals surface area (Å²) in [6.45, 7) is 1.91. The standard InChI is InChI=1S/C17H17NO5S/c1-9-4-10(5-12(19)16(9)22)2-3-15(24)18-8-11-6-13(20)17(23)14(21)7-11/h2-7,19-23H,8H2,1H3,(H,18,24)/b3-2+. The highest BCUT2D eigenvalue weighted by molar-refractivity contribution is 7.80. The quantitative estimate of drug-likeness (QED) is 0.286. The average molecular weight is 347 g/mol. The van der Waals surface area contributed by atoms with Gasteiger partial charge in [-0.3, -0.25) is 0 Å². The summed E-state index contributed by atoms with van der Waals surface area (Å²) in [6, 6.07) is 5.74. The molecule has 0 fully saturated rings. The van der Waals surface area contributed by atoms with Gasteiger partial charge in [-0.2, -0.15) is 0 Å². The maximum Gasteiger partial charge on any atom is 0.200 e. The Hall–Kier alpha value is -2.93. The highest BCUT2D eigenvalue weighted by Gasteiger charge is 2.08. The van der Waals surface area contributed by atoms with Gasteiger partial charge in [0, 0.05) is 6.54 Å². The van der Waals surface area contributed by atoms with Gasteiger partial charge in [0.1, 0.15) is 0 Å². The van der Waals surface area contributed by atoms with Crippen molar-refractivity contribution >= 4 is 23.3 Å². The van der Waals surface area contributed by atoms with Crippen molar-refractivity contribution in [2.45, 2.75) is 13.5 Å². The van der Waals surface area contributed by atoms with E-state index in [9.17, 15) is 25.5 Å². The summed E-state index contributed by atoms with van der Waals surface area (Å²) in [5.41, 5.74) is 1.76. The molecule has 0 aliphatic rings. The first-order valence-corrected chi connectivity index (χ1v) is 7.41. The lowest BCUT2D eigenvalue weighted by Crippen LogP contribution is -2.18. The zero-order chi connectivity index (χ0) is 17.9. The topological polar surface area (TPSA) is 113 Å². The summed E-state index contributed by atoms with van der Waals surface area (Å²) in [4.78, 5) is 0.396. The number of aromatic hydroxyl groups is 5. The molecule has 0 aromatic heterocycles. The largest absolute Gasteiger partial charge is 0.504 e. The van der Waals surface area contributed by atoms with Gasteiger partial charge in [-0.05, 0) is 54.0 Å². The van der Waals surface area contributed by atoms with Gasteiger partial charge in [0.05, 0.1) is 4.99 Å². The predicted molar refractivity (Wildman–Crippen MR) is 94.4 cm³/mol. The number of thiocarbonyl (C=S) groups is 1. The Bertz CT molecular complexity index is 771. The highest BCUT2D eigenvalue weighted by atomic mass is 32.1. The van der Waals surface area contributed by atoms with Gasteiger partial charge >= 0.3 is 0 Å². The minimum atomic E-state index is -0.566. The fourth-order valence-corrected chi connectivity index (χ4v) is 2.21. The smallest absolute Gasteiger partial charge is 0.200 e. The summed E-state index contributed by atoms with van der Waals surface area (Å²) in [5.74, 6) is -1.75. The lowest BCUT2D eigenvalue weighted by molar-refractivity contribution is 0.367. The lowest BCUT2D eigenvalue weighted by atomic mass is 10.1. The van der Waals surface area contributed by atoms with Crippen molar-refractivity contribution in [2.75, 3.05) is 0 Å². The Morgan fingerprint density at radius 1 is 0.958 bits per heavy atom. The summed E-state index contributed by atoms with van der Waals surface area (Å²) in [5, 5.41) is 50.2. The van der Waals surface area contributed by atoms with Crippen molar-refractivity contribution in [1.29, 1.82) is 0 Å². The minimum absolute atomic E-state index is 0.153. The number of phenolic OH excluding ortho intramolecular Hbond substituents is 5. The first-order valence-electron chi connectivity index (χ1n) is 7.00. The molecule has 0 aliphatic carbocycles. The van der Waals surface area contributed by atoms with Crippen LogP contribution < -0.4 is 5.32 Å². The van der Waals surface area contributed by atoms with Crippen molar-refractivity contribution < 1.29 is 25.5 Å². The number of nitrogens with one attached hydrogen (secondary N) is 1. The Labute approximate surface area is 144 Å². The van der Waals surface area contributed by atoms with Gasteiger partial charge in [-0.15, -0.1) is 0 Å². The van der Waals surface area contributed by atoms with Crippen LogP contribution in [0.25, 0.3) is 6.08 Å². The SMILES string of the molecule is Cc1cc(/C=C/C(=S)NCc2cc(O)c(O)c(O)c2)cc(O)c1O. The lowest BCUT2D eigenvalue weighted by Gasteiger charge is -2.08. The van der Waals surface area contributed by atoms with Gasteiger partial charge in [0.15, 0.2) is 28.7 Å². The van der Waals surface area contributed by atoms with Gasteiger partial charge in [0.2, 0.25) is 0 Å². The van der Waals surface area contributed by atoms with E-state index in [2.05, 4.69) is 5.32 Å². The molecule has 0 aliphatic heterocycles. The van der Waals surface area contributed by atoms with Crippen molar-refractivity contribution in [3.63, 3.8) is 0 Å². The first kappa shape index (κ1) is 17.4. The number of aryl methyl sites for hydroxylation is 1. The van der Waals surface area contributed by atoms with Crippen molar-refractivity contribution in [1.82, 2.24) is 5.32 Å². The summed E-state index contributed by atoms with van der Waals surface area (Å²) >= 11 is 5.15. The van der Waals surface area contributed by atoms with E-state index in [0.29, 0.717) is 21.7 Å². The van der Waals surface area contributed by atoms with Crippen LogP contribution in [0.15, 0.2) is 30.3 Å². The van der Waals surface area contributed by atoms with E-state index in [1.165, 1.54) is 18.2 Å². The average Bonchev–Trinajstić information content (AvgIpc) is 2.53. The van der Waals surface area contributed by atoms with E-state index >= 15 is 0 Å². The molecule has 2 aromatic rings. The fraction of sp³-hybridized carbons (Fsp3) is 0.118. The van der Waals surface area contributed by atoms with Crippen LogP contribution in [0.5, 0.6) is 28.7 Å². The fourth-order valence-electron chi connectivity index (χ4n) is 2.07. The zero-order valence-electron chi connectivity index (χ0n) is 12.8. The number of hydrogen-bond donors (Lipinski definition) is 6. The van der Waals surface area contributed by atoms with Crippen molar-refractivity contribution in [2.24, 2.45) is 0 Å². The molecule has 0 bridgehead atoms. The second-order valence-electron chi connectivity index (χ2n) is 5.24. The maximum absolute atomic E-state index is 9.57. The molecule has 7 heteroatoms. The molecule has 0 unspecified atom stereocenters. The number of hydrogen-bond acceptors (Lipinski definition) is 6. The van der Waals surface area contributed by atoms with Crippen LogP contribution >= 0.6 is 12.2 Å². The van der Waals surface area contributed by atoms with Gasteiger partial charge < -0.3 is 30.8 Å². The monoisotopic (exact) mass is 347 g/mol. The molecular formula is C17H17NO5S. The van der Waals surface area contributed by atoms with Crippen LogP contribution in [0.1, 0.15) is 16.7 Å². The molecule has 2 aromatic carbocycles. The highest BCUT2D eigenvalue weighted by Crippen LogP contribution is 2.35. The molecule has 126 valence electrons. The molecule has 24 heavy (non-hydrogen) atoms. The molecule has 6 nitrogen and oxygen atoms in total. The molecule has 0 saturated carbocycles. The van der Waals surface area contributed by atoms with Crippen LogP contribution in [0.4, 0.5) is 0 Å². The van der Waals surface area contributed by atoms with Gasteiger partial charge in [-0.25, -0.2) is 0 Å². The summed E-state index contributed by atoms with van der Waals surface area (Å²) in [7, 11) is 0. The van der Waals surface area contributed by atoms with E-state index in [1.54, 1.807) is 25.1 Å². The third-order valence-corrected chi connectivity index (χ3v) is 3.61. The van der Waals surface area contributed by atoms with E-state index in [0.717, 1.165) is 0 Å². The Balaban J connectivity index is 2.01. The number of benzene rings is 2. The molecule has 0 atom stereocenters. The normalized spacial score (nSPS) is 10.9. The van der Waals surface area contributed by atoms with Crippen LogP contribution in [0, 0.1) is 6.92 Å². The Kier molecular flexibility index (Phi) is 5.15. The van der Waals surface area contributed by atoms with Crippen LogP contribution in [0.3, 0.4) is 0 Å². The molecule has 0 heterocycles. The first-order chi connectivity index (χ1) is 11.3. The number of phenols is 5. The molecule has 0 spiro atoms. The predicted octanol–water partition coefficient (Wildman–Crippen LogP) is 2.65. The van der Waals surface area contributed by atoms with E-state index in [1.807, 2.05) is 0 Å². The molecule has 0 amide bonds. The summed E-state index contributed by atoms with van der Waals surface area (Å²) < 4.78 is 0. The third kappa shape index (κ3) is 4.08. The molecular weight excluding hydrogens is 330 g/mol. The van der Waals surface area contributed by atoms with Crippen LogP contribution in [-0.4, -0.2) is 30.5 Å². The second kappa shape index (κ2) is 7.10. The molecule has 0 saturated heterocycles. The van der Waals surface area contributed by atoms with Gasteiger partial charge in [-0.1, -0.05) is 18.3 Å². The Morgan fingerprint density at radius 3 is 2.12 bits per heavy atom. The molecule has 0 radical (unpaired) electrons. The van der Waals surface area contributed by atoms with Crippen LogP contribution in [0.2, 0.25) is 0 Å². The van der Waals surface area contributed by atoms with Gasteiger partial charge in [0.25, 0.3) is 0 Å². The molecule has 2 rings (SSSR count). The Morgan fingerprint density at radius 2 is 1.54 bits per heavy atom. The maximum atomic E-state index is 9.57. The van der Waals surface area contributed by atoms with E-state index in [-0.39, 0.29) is 18.0 Å². The van der Waals surface area contributed by atoms with Crippen molar-refractivity contribution in [3.05, 3.63) is 47.0 Å². The zero-order valence-corrected chi connectivity index (χ0v) is 13.6. The minimum Gasteiger partial charge on any atom is -0.504 e. The number of rotatable bonds is 4. The molecule has 6 N–H and O–H groups in total. The van der Waals surface area contributed by atoms with E-state index < -0.39 is 17.2 Å².